The van der Waals surface area contributed by atoms with Crippen LogP contribution in [0.3, 0.4) is 0 Å². The first kappa shape index (κ1) is 22.8. The number of Topliss-reactive ketones (excluding diaryl/α,β-unsaturated/α-hetero) is 1. The molecule has 2 aromatic rings. The van der Waals surface area contributed by atoms with Crippen LogP contribution in [0.25, 0.3) is 0 Å². The van der Waals surface area contributed by atoms with Gasteiger partial charge in [0, 0.05) is 18.7 Å². The first-order chi connectivity index (χ1) is 14.7. The zero-order valence-corrected chi connectivity index (χ0v) is 19.4. The molecule has 2 heterocycles. The van der Waals surface area contributed by atoms with Crippen LogP contribution in [0.1, 0.15) is 32.0 Å². The summed E-state index contributed by atoms with van der Waals surface area (Å²) in [5.41, 5.74) is 1.17. The number of aromatic nitrogens is 1. The molecule has 0 saturated carbocycles. The summed E-state index contributed by atoms with van der Waals surface area (Å²) in [6, 6.07) is 4.38. The number of amides is 1. The highest BCUT2D eigenvalue weighted by Gasteiger charge is 2.45. The van der Waals surface area contributed by atoms with Crippen LogP contribution in [-0.4, -0.2) is 73.0 Å². The van der Waals surface area contributed by atoms with Gasteiger partial charge in [0.1, 0.15) is 11.5 Å². The number of likely N-dealkylation sites (N-methyl/N-ethyl adjacent to an activating group) is 1. The summed E-state index contributed by atoms with van der Waals surface area (Å²) in [4.78, 5) is 34.8. The summed E-state index contributed by atoms with van der Waals surface area (Å²) in [6.07, 6.45) is 0. The second-order valence-corrected chi connectivity index (χ2v) is 8.75. The quantitative estimate of drug-likeness (QED) is 0.625. The van der Waals surface area contributed by atoms with Gasteiger partial charge in [0.05, 0.1) is 41.4 Å². The topological polar surface area (TPSA) is 92.2 Å². The molecular weight excluding hydrogens is 418 g/mol. The molecule has 1 aliphatic heterocycles. The number of aliphatic hydroxyl groups excluding tert-OH is 1. The highest BCUT2D eigenvalue weighted by atomic mass is 32.1. The molecule has 0 aliphatic carbocycles. The molecule has 1 aromatic heterocycles. The van der Waals surface area contributed by atoms with Gasteiger partial charge in [-0.05, 0) is 46.1 Å². The SMILES string of the molecule is COc1ccc(OC)c([C@@H]2C(C(=O)c3sc(C)nc3C)=C(O)C(=O)N2CCN(C)C)c1. The lowest BCUT2D eigenvalue weighted by Gasteiger charge is -2.29. The van der Waals surface area contributed by atoms with Crippen LogP contribution in [-0.2, 0) is 4.79 Å². The Hall–Kier alpha value is -2.91. The molecule has 1 amide bonds. The van der Waals surface area contributed by atoms with Gasteiger partial charge in [-0.1, -0.05) is 0 Å². The van der Waals surface area contributed by atoms with E-state index in [1.807, 2.05) is 25.9 Å². The molecule has 0 radical (unpaired) electrons. The second-order valence-electron chi connectivity index (χ2n) is 7.55. The van der Waals surface area contributed by atoms with E-state index in [1.165, 1.54) is 30.5 Å². The monoisotopic (exact) mass is 445 g/mol. The molecule has 3 rings (SSSR count). The standard InChI is InChI=1S/C22H27N3O5S/c1-12-21(31-13(2)23-12)19(26)17-18(15-11-14(29-5)7-8-16(15)30-6)25(10-9-24(3)4)22(28)20(17)27/h7-8,11,18,27H,9-10H2,1-6H3/t18-/m1/s1. The Bertz CT molecular complexity index is 1040. The number of aryl methyl sites for hydroxylation is 2. The number of carbonyl (C=O) groups is 2. The highest BCUT2D eigenvalue weighted by molar-refractivity contribution is 7.14. The Labute approximate surface area is 185 Å². The van der Waals surface area contributed by atoms with Gasteiger partial charge in [-0.25, -0.2) is 4.98 Å². The van der Waals surface area contributed by atoms with Crippen LogP contribution in [0.5, 0.6) is 11.5 Å². The van der Waals surface area contributed by atoms with Gasteiger partial charge in [-0.15, -0.1) is 11.3 Å². The minimum atomic E-state index is -0.813. The van der Waals surface area contributed by atoms with Crippen LogP contribution in [0, 0.1) is 13.8 Å². The maximum atomic E-state index is 13.5. The third-order valence-electron chi connectivity index (χ3n) is 5.18. The van der Waals surface area contributed by atoms with Crippen molar-refractivity contribution in [1.82, 2.24) is 14.8 Å². The van der Waals surface area contributed by atoms with Crippen molar-refractivity contribution in [3.05, 3.63) is 50.7 Å². The molecule has 1 N–H and O–H groups in total. The van der Waals surface area contributed by atoms with E-state index in [2.05, 4.69) is 4.98 Å². The molecule has 166 valence electrons. The van der Waals surface area contributed by atoms with E-state index in [0.717, 1.165) is 5.01 Å². The van der Waals surface area contributed by atoms with E-state index < -0.39 is 23.5 Å². The van der Waals surface area contributed by atoms with Crippen LogP contribution < -0.4 is 9.47 Å². The number of aliphatic hydroxyl groups is 1. The third-order valence-corrected chi connectivity index (χ3v) is 6.25. The maximum Gasteiger partial charge on any atom is 0.290 e. The largest absolute Gasteiger partial charge is 0.503 e. The smallest absolute Gasteiger partial charge is 0.290 e. The van der Waals surface area contributed by atoms with Crippen molar-refractivity contribution >= 4 is 23.0 Å². The minimum absolute atomic E-state index is 0.0297. The van der Waals surface area contributed by atoms with Gasteiger partial charge in [-0.3, -0.25) is 9.59 Å². The molecule has 0 fully saturated rings. The molecule has 1 aliphatic rings. The molecule has 31 heavy (non-hydrogen) atoms. The van der Waals surface area contributed by atoms with Gasteiger partial charge in [0.25, 0.3) is 5.91 Å². The molecule has 0 bridgehead atoms. The fourth-order valence-corrected chi connectivity index (χ4v) is 4.54. The number of hydrogen-bond donors (Lipinski definition) is 1. The first-order valence-corrected chi connectivity index (χ1v) is 10.6. The number of benzene rings is 1. The van der Waals surface area contributed by atoms with Crippen LogP contribution in [0.15, 0.2) is 29.5 Å². The lowest BCUT2D eigenvalue weighted by molar-refractivity contribution is -0.129. The third kappa shape index (κ3) is 4.28. The van der Waals surface area contributed by atoms with E-state index in [0.29, 0.717) is 40.7 Å². The highest BCUT2D eigenvalue weighted by Crippen LogP contribution is 2.44. The number of nitrogens with zero attached hydrogens (tertiary/aromatic N) is 3. The molecule has 1 aromatic carbocycles. The molecule has 8 nitrogen and oxygen atoms in total. The maximum absolute atomic E-state index is 13.5. The molecule has 1 atom stereocenters. The van der Waals surface area contributed by atoms with E-state index in [-0.39, 0.29) is 5.57 Å². The van der Waals surface area contributed by atoms with Crippen molar-refractivity contribution in [3.63, 3.8) is 0 Å². The zero-order chi connectivity index (χ0) is 22.9. The van der Waals surface area contributed by atoms with Crippen LogP contribution >= 0.6 is 11.3 Å². The predicted octanol–water partition coefficient (Wildman–Crippen LogP) is 2.92. The van der Waals surface area contributed by atoms with E-state index in [1.54, 1.807) is 25.1 Å². The normalized spacial score (nSPS) is 16.4. The van der Waals surface area contributed by atoms with Gasteiger partial charge < -0.3 is 24.4 Å². The van der Waals surface area contributed by atoms with Crippen molar-refractivity contribution in [2.24, 2.45) is 0 Å². The molecule has 0 unspecified atom stereocenters. The summed E-state index contributed by atoms with van der Waals surface area (Å²) in [5, 5.41) is 11.6. The Balaban J connectivity index is 2.18. The number of ketones is 1. The molecule has 0 saturated heterocycles. The van der Waals surface area contributed by atoms with Gasteiger partial charge in [0.2, 0.25) is 5.78 Å². The average Bonchev–Trinajstić information content (AvgIpc) is 3.20. The fourth-order valence-electron chi connectivity index (χ4n) is 3.66. The number of rotatable bonds is 8. The summed E-state index contributed by atoms with van der Waals surface area (Å²) in [6.45, 7) is 4.44. The van der Waals surface area contributed by atoms with Crippen LogP contribution in [0.4, 0.5) is 0 Å². The van der Waals surface area contributed by atoms with E-state index >= 15 is 0 Å². The lowest BCUT2D eigenvalue weighted by atomic mass is 9.94. The van der Waals surface area contributed by atoms with E-state index in [9.17, 15) is 14.7 Å². The Kier molecular flexibility index (Phi) is 6.66. The number of methoxy groups -OCH3 is 2. The van der Waals surface area contributed by atoms with Crippen molar-refractivity contribution in [2.45, 2.75) is 19.9 Å². The van der Waals surface area contributed by atoms with E-state index in [4.69, 9.17) is 9.47 Å². The average molecular weight is 446 g/mol. The summed E-state index contributed by atoms with van der Waals surface area (Å²) in [7, 11) is 6.85. The Morgan fingerprint density at radius 1 is 1.26 bits per heavy atom. The molecule has 0 spiro atoms. The van der Waals surface area contributed by atoms with Gasteiger partial charge in [0.15, 0.2) is 5.76 Å². The summed E-state index contributed by atoms with van der Waals surface area (Å²) >= 11 is 1.25. The minimum Gasteiger partial charge on any atom is -0.503 e. The fraction of sp³-hybridized carbons (Fsp3) is 0.409. The first-order valence-electron chi connectivity index (χ1n) is 9.79. The lowest BCUT2D eigenvalue weighted by Crippen LogP contribution is -2.36. The Morgan fingerprint density at radius 3 is 2.52 bits per heavy atom. The second kappa shape index (κ2) is 9.07. The zero-order valence-electron chi connectivity index (χ0n) is 18.6. The molecule has 9 heteroatoms. The van der Waals surface area contributed by atoms with Gasteiger partial charge >= 0.3 is 0 Å². The summed E-state index contributed by atoms with van der Waals surface area (Å²) < 4.78 is 10.9. The van der Waals surface area contributed by atoms with Crippen molar-refractivity contribution in [1.29, 1.82) is 0 Å². The van der Waals surface area contributed by atoms with Crippen molar-refractivity contribution in [2.75, 3.05) is 41.4 Å². The predicted molar refractivity (Wildman–Crippen MR) is 118 cm³/mol. The van der Waals surface area contributed by atoms with Crippen molar-refractivity contribution in [3.8, 4) is 11.5 Å². The van der Waals surface area contributed by atoms with Crippen molar-refractivity contribution < 1.29 is 24.2 Å². The number of hydrogen-bond acceptors (Lipinski definition) is 8. The summed E-state index contributed by atoms with van der Waals surface area (Å²) in [5.74, 6) is -0.483. The Morgan fingerprint density at radius 2 is 1.97 bits per heavy atom. The number of ether oxygens (including phenoxy) is 2. The van der Waals surface area contributed by atoms with Gasteiger partial charge in [-0.2, -0.15) is 0 Å². The van der Waals surface area contributed by atoms with Crippen LogP contribution in [0.2, 0.25) is 0 Å². The number of thiazole rings is 1. The number of carbonyl (C=O) groups excluding carboxylic acids is 2. The molecular formula is C22H27N3O5S.